The number of para-hydroxylation sites is 1. The van der Waals surface area contributed by atoms with Crippen LogP contribution in [0.3, 0.4) is 0 Å². The molecule has 25 heavy (non-hydrogen) atoms. The van der Waals surface area contributed by atoms with Crippen molar-refractivity contribution in [2.24, 2.45) is 0 Å². The van der Waals surface area contributed by atoms with Gasteiger partial charge in [-0.25, -0.2) is 0 Å². The fourth-order valence-corrected chi connectivity index (χ4v) is 3.75. The Bertz CT molecular complexity index is 1240. The maximum Gasteiger partial charge on any atom is 0.137 e. The Morgan fingerprint density at radius 2 is 1.52 bits per heavy atom. The molecule has 4 aromatic carbocycles. The highest BCUT2D eigenvalue weighted by Gasteiger charge is 2.14. The lowest BCUT2D eigenvalue weighted by atomic mass is 10.1. The molecular formula is C22H14BrNO. The van der Waals surface area contributed by atoms with Gasteiger partial charge in [0.2, 0.25) is 0 Å². The molecule has 2 nitrogen and oxygen atoms in total. The molecule has 0 atom stereocenters. The molecule has 1 aromatic heterocycles. The van der Waals surface area contributed by atoms with E-state index in [0.29, 0.717) is 0 Å². The summed E-state index contributed by atoms with van der Waals surface area (Å²) in [6.07, 6.45) is 0. The van der Waals surface area contributed by atoms with Gasteiger partial charge in [0.1, 0.15) is 11.2 Å². The highest BCUT2D eigenvalue weighted by Crippen LogP contribution is 2.40. The first-order chi connectivity index (χ1) is 12.3. The Kier molecular flexibility index (Phi) is 3.28. The van der Waals surface area contributed by atoms with Crippen LogP contribution < -0.4 is 5.32 Å². The minimum atomic E-state index is 0.882. The maximum atomic E-state index is 6.00. The largest absolute Gasteiger partial charge is 0.456 e. The zero-order valence-corrected chi connectivity index (χ0v) is 14.9. The van der Waals surface area contributed by atoms with Crippen LogP contribution in [0.4, 0.5) is 11.4 Å². The fraction of sp³-hybridized carbons (Fsp3) is 0. The van der Waals surface area contributed by atoms with Gasteiger partial charge in [-0.1, -0.05) is 48.5 Å². The lowest BCUT2D eigenvalue weighted by Crippen LogP contribution is -1.92. The minimum Gasteiger partial charge on any atom is -0.456 e. The number of anilines is 2. The standard InChI is InChI=1S/C22H14BrNO/c23-18-11-12-20-21(17-7-3-4-8-19(17)25-20)22(18)24-16-10-9-14-5-1-2-6-15(14)13-16/h1-13,24H. The molecule has 0 unspecified atom stereocenters. The first-order valence-corrected chi connectivity index (χ1v) is 8.94. The Morgan fingerprint density at radius 1 is 0.720 bits per heavy atom. The quantitative estimate of drug-likeness (QED) is 0.345. The van der Waals surface area contributed by atoms with Crippen molar-refractivity contribution >= 4 is 60.0 Å². The van der Waals surface area contributed by atoms with Crippen LogP contribution in [0.1, 0.15) is 0 Å². The van der Waals surface area contributed by atoms with Gasteiger partial charge in [-0.05, 0) is 57.0 Å². The van der Waals surface area contributed by atoms with Crippen molar-refractivity contribution in [3.05, 3.63) is 83.3 Å². The van der Waals surface area contributed by atoms with Gasteiger partial charge in [-0.2, -0.15) is 0 Å². The summed E-state index contributed by atoms with van der Waals surface area (Å²) in [5.74, 6) is 0. The normalized spacial score (nSPS) is 11.4. The van der Waals surface area contributed by atoms with Crippen molar-refractivity contribution in [1.29, 1.82) is 0 Å². The third-order valence-corrected chi connectivity index (χ3v) is 5.17. The van der Waals surface area contributed by atoms with Crippen molar-refractivity contribution in [2.75, 3.05) is 5.32 Å². The van der Waals surface area contributed by atoms with Gasteiger partial charge in [0, 0.05) is 15.5 Å². The highest BCUT2D eigenvalue weighted by molar-refractivity contribution is 9.10. The van der Waals surface area contributed by atoms with Gasteiger partial charge in [-0.3, -0.25) is 0 Å². The topological polar surface area (TPSA) is 25.2 Å². The van der Waals surface area contributed by atoms with E-state index in [0.717, 1.165) is 37.8 Å². The average molecular weight is 388 g/mol. The minimum absolute atomic E-state index is 0.882. The summed E-state index contributed by atoms with van der Waals surface area (Å²) in [6.45, 7) is 0. The predicted molar refractivity (Wildman–Crippen MR) is 109 cm³/mol. The van der Waals surface area contributed by atoms with Crippen LogP contribution in [0.25, 0.3) is 32.7 Å². The number of benzene rings is 4. The van der Waals surface area contributed by atoms with E-state index in [4.69, 9.17) is 4.42 Å². The van der Waals surface area contributed by atoms with E-state index in [1.165, 1.54) is 10.8 Å². The molecule has 3 heteroatoms. The monoisotopic (exact) mass is 387 g/mol. The Hall–Kier alpha value is -2.78. The average Bonchev–Trinajstić information content (AvgIpc) is 3.03. The van der Waals surface area contributed by atoms with Crippen LogP contribution in [0.5, 0.6) is 0 Å². The number of furan rings is 1. The Balaban J connectivity index is 1.72. The lowest BCUT2D eigenvalue weighted by molar-refractivity contribution is 0.669. The van der Waals surface area contributed by atoms with Crippen LogP contribution in [0.15, 0.2) is 87.8 Å². The zero-order valence-electron chi connectivity index (χ0n) is 13.3. The predicted octanol–water partition coefficient (Wildman–Crippen LogP) is 7.25. The molecule has 0 fully saturated rings. The molecule has 120 valence electrons. The summed E-state index contributed by atoms with van der Waals surface area (Å²) in [4.78, 5) is 0. The lowest BCUT2D eigenvalue weighted by Gasteiger charge is -2.11. The highest BCUT2D eigenvalue weighted by atomic mass is 79.9. The fourth-order valence-electron chi connectivity index (χ4n) is 3.32. The summed E-state index contributed by atoms with van der Waals surface area (Å²) in [5.41, 5.74) is 3.86. The molecule has 1 heterocycles. The van der Waals surface area contributed by atoms with Crippen molar-refractivity contribution in [1.82, 2.24) is 0 Å². The van der Waals surface area contributed by atoms with Crippen LogP contribution >= 0.6 is 15.9 Å². The number of hydrogen-bond acceptors (Lipinski definition) is 2. The second kappa shape index (κ2) is 5.64. The van der Waals surface area contributed by atoms with Crippen LogP contribution in [-0.4, -0.2) is 0 Å². The van der Waals surface area contributed by atoms with Crippen molar-refractivity contribution < 1.29 is 4.42 Å². The summed E-state index contributed by atoms with van der Waals surface area (Å²) in [6, 6.07) is 27.0. The van der Waals surface area contributed by atoms with Crippen LogP contribution in [0.2, 0.25) is 0 Å². The van der Waals surface area contributed by atoms with Crippen molar-refractivity contribution in [3.8, 4) is 0 Å². The molecule has 0 amide bonds. The van der Waals surface area contributed by atoms with Crippen LogP contribution in [-0.2, 0) is 0 Å². The van der Waals surface area contributed by atoms with E-state index < -0.39 is 0 Å². The zero-order chi connectivity index (χ0) is 16.8. The first-order valence-electron chi connectivity index (χ1n) is 8.15. The molecular weight excluding hydrogens is 374 g/mol. The number of fused-ring (bicyclic) bond motifs is 4. The van der Waals surface area contributed by atoms with E-state index in [1.807, 2.05) is 30.3 Å². The molecule has 0 aliphatic rings. The van der Waals surface area contributed by atoms with E-state index in [-0.39, 0.29) is 0 Å². The number of rotatable bonds is 2. The summed E-state index contributed by atoms with van der Waals surface area (Å²) in [7, 11) is 0. The third kappa shape index (κ3) is 2.39. The van der Waals surface area contributed by atoms with Gasteiger partial charge < -0.3 is 9.73 Å². The Labute approximate surface area is 153 Å². The molecule has 0 bridgehead atoms. The second-order valence-electron chi connectivity index (χ2n) is 6.08. The van der Waals surface area contributed by atoms with E-state index >= 15 is 0 Å². The van der Waals surface area contributed by atoms with Crippen molar-refractivity contribution in [2.45, 2.75) is 0 Å². The molecule has 0 aliphatic carbocycles. The van der Waals surface area contributed by atoms with Crippen molar-refractivity contribution in [3.63, 3.8) is 0 Å². The molecule has 0 spiro atoms. The first kappa shape index (κ1) is 14.6. The van der Waals surface area contributed by atoms with E-state index in [1.54, 1.807) is 0 Å². The summed E-state index contributed by atoms with van der Waals surface area (Å²) in [5, 5.41) is 8.24. The van der Waals surface area contributed by atoms with Gasteiger partial charge in [0.15, 0.2) is 0 Å². The van der Waals surface area contributed by atoms with Gasteiger partial charge in [0.05, 0.1) is 11.1 Å². The molecule has 0 radical (unpaired) electrons. The van der Waals surface area contributed by atoms with Crippen LogP contribution in [0, 0.1) is 0 Å². The number of halogens is 1. The molecule has 0 saturated heterocycles. The molecule has 0 aliphatic heterocycles. The Morgan fingerprint density at radius 3 is 2.44 bits per heavy atom. The van der Waals surface area contributed by atoms with Gasteiger partial charge in [-0.15, -0.1) is 0 Å². The molecule has 5 aromatic rings. The summed E-state index contributed by atoms with van der Waals surface area (Å²) >= 11 is 3.69. The molecule has 1 N–H and O–H groups in total. The third-order valence-electron chi connectivity index (χ3n) is 4.51. The van der Waals surface area contributed by atoms with E-state index in [9.17, 15) is 0 Å². The number of hydrogen-bond donors (Lipinski definition) is 1. The van der Waals surface area contributed by atoms with E-state index in [2.05, 4.69) is 69.8 Å². The molecule has 5 rings (SSSR count). The smallest absolute Gasteiger partial charge is 0.137 e. The van der Waals surface area contributed by atoms with Gasteiger partial charge in [0.25, 0.3) is 0 Å². The number of nitrogens with one attached hydrogen (secondary N) is 1. The summed E-state index contributed by atoms with van der Waals surface area (Å²) < 4.78 is 7.01. The second-order valence-corrected chi connectivity index (χ2v) is 6.94. The molecule has 0 saturated carbocycles. The SMILES string of the molecule is Brc1ccc2oc3ccccc3c2c1Nc1ccc2ccccc2c1. The maximum absolute atomic E-state index is 6.00. The van der Waals surface area contributed by atoms with Gasteiger partial charge >= 0.3 is 0 Å².